The minimum atomic E-state index is -3.79. The molecule has 0 aliphatic heterocycles. The highest BCUT2D eigenvalue weighted by molar-refractivity contribution is 7.91. The standard InChI is InChI=1S/C11H11ClN2O4S3/c1-18-10(15)9-11(19-6-13-9)21(16,17)14-5-4-7-2-3-8(12)20-7/h2-3,6,14H,4-5H2,1H3. The average Bonchev–Trinajstić information content (AvgIpc) is 3.07. The summed E-state index contributed by atoms with van der Waals surface area (Å²) in [5.41, 5.74) is 1.09. The molecule has 114 valence electrons. The molecule has 1 N–H and O–H groups in total. The third-order valence-corrected chi connectivity index (χ3v) is 6.57. The topological polar surface area (TPSA) is 85.4 Å². The summed E-state index contributed by atoms with van der Waals surface area (Å²) in [5, 5.41) is 0. The van der Waals surface area contributed by atoms with Gasteiger partial charge in [-0.25, -0.2) is 22.9 Å². The summed E-state index contributed by atoms with van der Waals surface area (Å²) >= 11 is 8.07. The van der Waals surface area contributed by atoms with E-state index in [0.29, 0.717) is 10.8 Å². The fourth-order valence-electron chi connectivity index (χ4n) is 1.52. The number of methoxy groups -OCH3 is 1. The van der Waals surface area contributed by atoms with Gasteiger partial charge in [0.05, 0.1) is 17.0 Å². The van der Waals surface area contributed by atoms with Crippen molar-refractivity contribution >= 4 is 50.3 Å². The Morgan fingerprint density at radius 1 is 1.48 bits per heavy atom. The molecular weight excluding hydrogens is 356 g/mol. The molecule has 0 fully saturated rings. The number of ether oxygens (including phenoxy) is 1. The Kier molecular flexibility index (Phi) is 5.33. The number of carbonyl (C=O) groups is 1. The van der Waals surface area contributed by atoms with Crippen molar-refractivity contribution < 1.29 is 17.9 Å². The summed E-state index contributed by atoms with van der Waals surface area (Å²) in [6.07, 6.45) is 0.517. The number of sulfonamides is 1. The van der Waals surface area contributed by atoms with E-state index in [4.69, 9.17) is 11.6 Å². The van der Waals surface area contributed by atoms with Crippen LogP contribution < -0.4 is 4.72 Å². The SMILES string of the molecule is COC(=O)c1ncsc1S(=O)(=O)NCCc1ccc(Cl)s1. The first kappa shape index (κ1) is 16.4. The van der Waals surface area contributed by atoms with Crippen LogP contribution in [0.3, 0.4) is 0 Å². The van der Waals surface area contributed by atoms with Crippen molar-refractivity contribution in [2.75, 3.05) is 13.7 Å². The molecule has 10 heteroatoms. The van der Waals surface area contributed by atoms with Gasteiger partial charge in [-0.2, -0.15) is 0 Å². The number of hydrogen-bond donors (Lipinski definition) is 1. The van der Waals surface area contributed by atoms with Crippen molar-refractivity contribution in [1.29, 1.82) is 0 Å². The lowest BCUT2D eigenvalue weighted by Crippen LogP contribution is -2.26. The highest BCUT2D eigenvalue weighted by atomic mass is 35.5. The molecule has 0 saturated heterocycles. The second kappa shape index (κ2) is 6.84. The van der Waals surface area contributed by atoms with E-state index in [0.717, 1.165) is 16.2 Å². The fourth-order valence-corrected chi connectivity index (χ4v) is 4.81. The van der Waals surface area contributed by atoms with Crippen molar-refractivity contribution in [3.05, 3.63) is 32.6 Å². The summed E-state index contributed by atoms with van der Waals surface area (Å²) in [6, 6.07) is 3.60. The fraction of sp³-hybridized carbons (Fsp3) is 0.273. The Hall–Kier alpha value is -1.000. The molecule has 0 amide bonds. The monoisotopic (exact) mass is 366 g/mol. The van der Waals surface area contributed by atoms with Gasteiger partial charge in [-0.15, -0.1) is 22.7 Å². The van der Waals surface area contributed by atoms with Crippen molar-refractivity contribution in [1.82, 2.24) is 9.71 Å². The van der Waals surface area contributed by atoms with E-state index in [1.54, 1.807) is 6.07 Å². The van der Waals surface area contributed by atoms with Crippen LogP contribution in [-0.2, 0) is 21.2 Å². The molecule has 21 heavy (non-hydrogen) atoms. The molecule has 0 aliphatic carbocycles. The van der Waals surface area contributed by atoms with E-state index in [2.05, 4.69) is 14.4 Å². The summed E-state index contributed by atoms with van der Waals surface area (Å²) in [4.78, 5) is 16.2. The first-order valence-corrected chi connectivity index (χ1v) is 9.25. The van der Waals surface area contributed by atoms with Crippen LogP contribution in [0.25, 0.3) is 0 Å². The van der Waals surface area contributed by atoms with Crippen LogP contribution in [0.4, 0.5) is 0 Å². The van der Waals surface area contributed by atoms with Gasteiger partial charge in [0.1, 0.15) is 0 Å². The number of halogens is 1. The highest BCUT2D eigenvalue weighted by Gasteiger charge is 2.26. The Balaban J connectivity index is 2.05. The van der Waals surface area contributed by atoms with Gasteiger partial charge >= 0.3 is 5.97 Å². The Morgan fingerprint density at radius 2 is 2.24 bits per heavy atom. The average molecular weight is 367 g/mol. The maximum Gasteiger partial charge on any atom is 0.358 e. The van der Waals surface area contributed by atoms with Crippen molar-refractivity contribution in [3.8, 4) is 0 Å². The molecular formula is C11H11ClN2O4S3. The Labute approximate surface area is 134 Å². The zero-order valence-corrected chi connectivity index (χ0v) is 14.0. The van der Waals surface area contributed by atoms with Crippen LogP contribution in [0.5, 0.6) is 0 Å². The number of nitrogens with zero attached hydrogens (tertiary/aromatic N) is 1. The molecule has 2 aromatic heterocycles. The van der Waals surface area contributed by atoms with Gasteiger partial charge in [-0.3, -0.25) is 0 Å². The van der Waals surface area contributed by atoms with Crippen molar-refractivity contribution in [3.63, 3.8) is 0 Å². The summed E-state index contributed by atoms with van der Waals surface area (Å²) in [5.74, 6) is -0.776. The second-order valence-electron chi connectivity index (χ2n) is 3.83. The summed E-state index contributed by atoms with van der Waals surface area (Å²) in [7, 11) is -2.62. The molecule has 0 unspecified atom stereocenters. The minimum Gasteiger partial charge on any atom is -0.464 e. The minimum absolute atomic E-state index is 0.140. The third kappa shape index (κ3) is 4.01. The first-order chi connectivity index (χ1) is 9.94. The molecule has 0 aromatic carbocycles. The molecule has 2 heterocycles. The van der Waals surface area contributed by atoms with Crippen molar-refractivity contribution in [2.45, 2.75) is 10.6 Å². The zero-order chi connectivity index (χ0) is 15.5. The van der Waals surface area contributed by atoms with Gasteiger partial charge < -0.3 is 4.74 Å². The maximum absolute atomic E-state index is 12.2. The zero-order valence-electron chi connectivity index (χ0n) is 10.8. The molecule has 0 radical (unpaired) electrons. The number of aromatic nitrogens is 1. The van der Waals surface area contributed by atoms with E-state index in [1.165, 1.54) is 24.0 Å². The maximum atomic E-state index is 12.2. The Morgan fingerprint density at radius 3 is 2.86 bits per heavy atom. The summed E-state index contributed by atoms with van der Waals surface area (Å²) in [6.45, 7) is 0.206. The van der Waals surface area contributed by atoms with E-state index >= 15 is 0 Å². The number of hydrogen-bond acceptors (Lipinski definition) is 7. The summed E-state index contributed by atoms with van der Waals surface area (Å²) < 4.78 is 31.8. The first-order valence-electron chi connectivity index (χ1n) is 5.69. The largest absolute Gasteiger partial charge is 0.464 e. The van der Waals surface area contributed by atoms with Gasteiger partial charge in [0, 0.05) is 11.4 Å². The van der Waals surface area contributed by atoms with Gasteiger partial charge in [-0.05, 0) is 18.6 Å². The Bertz CT molecular complexity index is 738. The highest BCUT2D eigenvalue weighted by Crippen LogP contribution is 2.22. The smallest absolute Gasteiger partial charge is 0.358 e. The molecule has 0 spiro atoms. The van der Waals surface area contributed by atoms with Gasteiger partial charge in [0.15, 0.2) is 9.90 Å². The predicted molar refractivity (Wildman–Crippen MR) is 81.7 cm³/mol. The lowest BCUT2D eigenvalue weighted by molar-refractivity contribution is 0.0590. The number of carbonyl (C=O) groups excluding carboxylic acids is 1. The molecule has 6 nitrogen and oxygen atoms in total. The van der Waals surface area contributed by atoms with Crippen molar-refractivity contribution in [2.24, 2.45) is 0 Å². The lowest BCUT2D eigenvalue weighted by atomic mass is 10.3. The number of thiazole rings is 1. The quantitative estimate of drug-likeness (QED) is 0.792. The molecule has 2 rings (SSSR count). The normalized spacial score (nSPS) is 11.5. The molecule has 2 aromatic rings. The number of esters is 1. The van der Waals surface area contributed by atoms with Crippen LogP contribution in [-0.4, -0.2) is 33.0 Å². The van der Waals surface area contributed by atoms with Gasteiger partial charge in [0.25, 0.3) is 10.0 Å². The van der Waals surface area contributed by atoms with Crippen LogP contribution in [0.1, 0.15) is 15.4 Å². The molecule has 0 aliphatic rings. The number of rotatable bonds is 6. The van der Waals surface area contributed by atoms with Crippen LogP contribution >= 0.6 is 34.3 Å². The second-order valence-corrected chi connectivity index (χ2v) is 8.45. The molecule has 0 bridgehead atoms. The van der Waals surface area contributed by atoms with E-state index in [-0.39, 0.29) is 16.4 Å². The van der Waals surface area contributed by atoms with Crippen LogP contribution in [0.15, 0.2) is 21.9 Å². The van der Waals surface area contributed by atoms with Crippen LogP contribution in [0.2, 0.25) is 4.34 Å². The third-order valence-electron chi connectivity index (χ3n) is 2.45. The van der Waals surface area contributed by atoms with Crippen LogP contribution in [0, 0.1) is 0 Å². The van der Waals surface area contributed by atoms with Gasteiger partial charge in [0.2, 0.25) is 0 Å². The molecule has 0 saturated carbocycles. The lowest BCUT2D eigenvalue weighted by Gasteiger charge is -2.05. The van der Waals surface area contributed by atoms with E-state index in [1.807, 2.05) is 6.07 Å². The predicted octanol–water partition coefficient (Wildman–Crippen LogP) is 2.17. The number of thiophene rings is 1. The number of nitrogens with one attached hydrogen (secondary N) is 1. The molecule has 0 atom stereocenters. The van der Waals surface area contributed by atoms with E-state index < -0.39 is 16.0 Å². The van der Waals surface area contributed by atoms with E-state index in [9.17, 15) is 13.2 Å². The van der Waals surface area contributed by atoms with Gasteiger partial charge in [-0.1, -0.05) is 11.6 Å².